The molecule has 0 bridgehead atoms. The Morgan fingerprint density at radius 3 is 2.75 bits per heavy atom. The minimum absolute atomic E-state index is 0.147. The summed E-state index contributed by atoms with van der Waals surface area (Å²) < 4.78 is 1.38. The molecule has 1 aromatic carbocycles. The molecule has 3 rings (SSSR count). The van der Waals surface area contributed by atoms with Crippen molar-refractivity contribution in [2.24, 2.45) is 0 Å². The number of carboxylic acid groups (broad SMARTS) is 1. The van der Waals surface area contributed by atoms with Crippen molar-refractivity contribution in [3.05, 3.63) is 47.8 Å². The van der Waals surface area contributed by atoms with Crippen LogP contribution >= 0.6 is 23.5 Å². The van der Waals surface area contributed by atoms with Gasteiger partial charge in [0.25, 0.3) is 5.91 Å². The summed E-state index contributed by atoms with van der Waals surface area (Å²) in [6.45, 7) is 0.568. The molecule has 0 radical (unpaired) electrons. The molecule has 0 spiro atoms. The summed E-state index contributed by atoms with van der Waals surface area (Å²) >= 11 is 3.75. The highest BCUT2D eigenvalue weighted by molar-refractivity contribution is 8.06. The largest absolute Gasteiger partial charge is 0.476 e. The summed E-state index contributed by atoms with van der Waals surface area (Å²) in [6.07, 6.45) is 0. The molecule has 1 aromatic heterocycles. The first-order valence-electron chi connectivity index (χ1n) is 7.51. The van der Waals surface area contributed by atoms with Gasteiger partial charge in [0.05, 0.1) is 5.69 Å². The average molecular weight is 363 g/mol. The lowest BCUT2D eigenvalue weighted by molar-refractivity contribution is 0.0689. The zero-order chi connectivity index (χ0) is 16.9. The molecule has 2 aromatic rings. The van der Waals surface area contributed by atoms with Crippen LogP contribution in [0.2, 0.25) is 0 Å². The van der Waals surface area contributed by atoms with Gasteiger partial charge >= 0.3 is 5.97 Å². The van der Waals surface area contributed by atoms with E-state index in [1.54, 1.807) is 12.1 Å². The molecule has 1 fully saturated rings. The van der Waals surface area contributed by atoms with E-state index in [1.165, 1.54) is 10.7 Å². The topological polar surface area (TPSA) is 84.2 Å². The second kappa shape index (κ2) is 7.76. The molecule has 8 heteroatoms. The lowest BCUT2D eigenvalue weighted by Gasteiger charge is -2.21. The number of nitrogens with one attached hydrogen (secondary N) is 1. The first-order valence-corrected chi connectivity index (χ1v) is 9.72. The molecule has 2 N–H and O–H groups in total. The van der Waals surface area contributed by atoms with E-state index in [0.29, 0.717) is 17.5 Å². The van der Waals surface area contributed by atoms with Gasteiger partial charge in [-0.25, -0.2) is 9.48 Å². The fourth-order valence-electron chi connectivity index (χ4n) is 2.36. The zero-order valence-electron chi connectivity index (χ0n) is 12.8. The number of hydrogen-bond acceptors (Lipinski definition) is 5. The summed E-state index contributed by atoms with van der Waals surface area (Å²) in [7, 11) is 0. The van der Waals surface area contributed by atoms with E-state index in [9.17, 15) is 14.7 Å². The van der Waals surface area contributed by atoms with Crippen molar-refractivity contribution in [2.75, 3.05) is 23.8 Å². The van der Waals surface area contributed by atoms with Crippen LogP contribution < -0.4 is 5.32 Å². The molecular formula is C16H17N3O3S2. The zero-order valence-corrected chi connectivity index (χ0v) is 14.5. The van der Waals surface area contributed by atoms with E-state index >= 15 is 0 Å². The predicted molar refractivity (Wildman–Crippen MR) is 96.4 cm³/mol. The van der Waals surface area contributed by atoms with Crippen molar-refractivity contribution in [1.29, 1.82) is 0 Å². The van der Waals surface area contributed by atoms with E-state index in [-0.39, 0.29) is 17.3 Å². The van der Waals surface area contributed by atoms with Gasteiger partial charge in [-0.05, 0) is 12.1 Å². The highest BCUT2D eigenvalue weighted by Crippen LogP contribution is 2.23. The quantitative estimate of drug-likeness (QED) is 0.847. The Labute approximate surface area is 148 Å². The molecule has 0 saturated carbocycles. The number of rotatable bonds is 5. The van der Waals surface area contributed by atoms with Crippen molar-refractivity contribution in [2.45, 2.75) is 5.25 Å². The van der Waals surface area contributed by atoms with Gasteiger partial charge in [-0.1, -0.05) is 18.2 Å². The Bertz CT molecular complexity index is 727. The molecule has 126 valence electrons. The van der Waals surface area contributed by atoms with Crippen molar-refractivity contribution < 1.29 is 14.7 Å². The number of carboxylic acids is 1. The number of carbonyl (C=O) groups is 2. The molecular weight excluding hydrogens is 346 g/mol. The Morgan fingerprint density at radius 1 is 1.29 bits per heavy atom. The lowest BCUT2D eigenvalue weighted by atomic mass is 10.3. The van der Waals surface area contributed by atoms with Gasteiger partial charge in [-0.3, -0.25) is 4.79 Å². The molecule has 0 aliphatic carbocycles. The van der Waals surface area contributed by atoms with Gasteiger partial charge in [-0.15, -0.1) is 0 Å². The highest BCUT2D eigenvalue weighted by atomic mass is 32.2. The maximum Gasteiger partial charge on any atom is 0.356 e. The number of hydrogen-bond donors (Lipinski definition) is 2. The summed E-state index contributed by atoms with van der Waals surface area (Å²) in [4.78, 5) is 23.7. The first-order chi connectivity index (χ1) is 11.6. The second-order valence-electron chi connectivity index (χ2n) is 5.25. The van der Waals surface area contributed by atoms with Crippen molar-refractivity contribution in [3.8, 4) is 5.69 Å². The first kappa shape index (κ1) is 16.9. The van der Waals surface area contributed by atoms with Crippen LogP contribution in [0.5, 0.6) is 0 Å². The smallest absolute Gasteiger partial charge is 0.356 e. The van der Waals surface area contributed by atoms with E-state index in [2.05, 4.69) is 10.4 Å². The van der Waals surface area contributed by atoms with Gasteiger partial charge < -0.3 is 10.4 Å². The minimum Gasteiger partial charge on any atom is -0.476 e. The maximum atomic E-state index is 12.5. The van der Waals surface area contributed by atoms with Gasteiger partial charge in [-0.2, -0.15) is 28.6 Å². The Kier molecular flexibility index (Phi) is 5.47. The molecule has 1 amide bonds. The van der Waals surface area contributed by atoms with Gasteiger partial charge in [0.15, 0.2) is 5.69 Å². The average Bonchev–Trinajstić information content (AvgIpc) is 3.07. The number of thioether (sulfide) groups is 2. The highest BCUT2D eigenvalue weighted by Gasteiger charge is 2.21. The van der Waals surface area contributed by atoms with Gasteiger partial charge in [0, 0.05) is 35.1 Å². The number of para-hydroxylation sites is 1. The van der Waals surface area contributed by atoms with E-state index in [1.807, 2.05) is 41.7 Å². The maximum absolute atomic E-state index is 12.5. The van der Waals surface area contributed by atoms with E-state index in [4.69, 9.17) is 0 Å². The van der Waals surface area contributed by atoms with Crippen LogP contribution in [0, 0.1) is 0 Å². The number of aromatic nitrogens is 2. The van der Waals surface area contributed by atoms with Crippen molar-refractivity contribution in [1.82, 2.24) is 15.1 Å². The molecule has 1 atom stereocenters. The minimum atomic E-state index is -1.15. The van der Waals surface area contributed by atoms with Crippen LogP contribution in [0.4, 0.5) is 0 Å². The fraction of sp³-hybridized carbons (Fsp3) is 0.312. The number of nitrogens with zero attached hydrogens (tertiary/aromatic N) is 2. The van der Waals surface area contributed by atoms with Crippen LogP contribution in [0.3, 0.4) is 0 Å². The molecule has 1 aliphatic rings. The summed E-state index contributed by atoms with van der Waals surface area (Å²) in [5.41, 5.74) is 0.733. The summed E-state index contributed by atoms with van der Waals surface area (Å²) in [5, 5.41) is 16.5. The number of carbonyl (C=O) groups excluding carboxylic acids is 1. The SMILES string of the molecule is O=C(O)c1cc(C(=O)NC[C@H]2CSCCS2)n(-c2ccccc2)n1. The number of amides is 1. The van der Waals surface area contributed by atoms with Crippen LogP contribution in [-0.2, 0) is 0 Å². The molecule has 2 heterocycles. The summed E-state index contributed by atoms with van der Waals surface area (Å²) in [5.74, 6) is 1.80. The van der Waals surface area contributed by atoms with Crippen LogP contribution in [-0.4, -0.2) is 55.8 Å². The second-order valence-corrected chi connectivity index (χ2v) is 7.80. The predicted octanol–water partition coefficient (Wildman–Crippen LogP) is 2.15. The van der Waals surface area contributed by atoms with Crippen LogP contribution in [0.15, 0.2) is 36.4 Å². The van der Waals surface area contributed by atoms with Crippen molar-refractivity contribution >= 4 is 35.4 Å². The standard InChI is InChI=1S/C16H17N3O3S2/c20-15(17-9-12-10-23-6-7-24-12)14-8-13(16(21)22)18-19(14)11-4-2-1-3-5-11/h1-5,8,12H,6-7,9-10H2,(H,17,20)(H,21,22)/t12-/m0/s1. The van der Waals surface area contributed by atoms with Gasteiger partial charge in [0.2, 0.25) is 0 Å². The molecule has 1 aliphatic heterocycles. The van der Waals surface area contributed by atoms with E-state index in [0.717, 1.165) is 17.3 Å². The normalized spacial score (nSPS) is 17.4. The molecule has 24 heavy (non-hydrogen) atoms. The van der Waals surface area contributed by atoms with Crippen LogP contribution in [0.25, 0.3) is 5.69 Å². The molecule has 1 saturated heterocycles. The fourth-order valence-corrected chi connectivity index (χ4v) is 4.98. The third kappa shape index (κ3) is 3.93. The number of benzene rings is 1. The van der Waals surface area contributed by atoms with Gasteiger partial charge in [0.1, 0.15) is 5.69 Å². The Morgan fingerprint density at radius 2 is 2.08 bits per heavy atom. The third-order valence-electron chi connectivity index (χ3n) is 3.54. The third-order valence-corrected chi connectivity index (χ3v) is 6.38. The summed E-state index contributed by atoms with van der Waals surface area (Å²) in [6, 6.07) is 10.4. The van der Waals surface area contributed by atoms with Crippen LogP contribution in [0.1, 0.15) is 21.0 Å². The molecule has 0 unspecified atom stereocenters. The Balaban J connectivity index is 1.80. The van der Waals surface area contributed by atoms with E-state index < -0.39 is 5.97 Å². The monoisotopic (exact) mass is 363 g/mol. The molecule has 6 nitrogen and oxygen atoms in total. The lowest BCUT2D eigenvalue weighted by Crippen LogP contribution is -2.34. The van der Waals surface area contributed by atoms with Crippen molar-refractivity contribution in [3.63, 3.8) is 0 Å². The number of aromatic carboxylic acids is 1. The Hall–Kier alpha value is -1.93.